The fraction of sp³-hybridized carbons (Fsp3) is 0.533. The SMILES string of the molecule is Cc1cccc(C(=O)NCC(C)(C)CC(C)O)c1O. The maximum Gasteiger partial charge on any atom is 0.255 e. The number of para-hydroxylation sites is 1. The van der Waals surface area contributed by atoms with Crippen LogP contribution < -0.4 is 5.32 Å². The monoisotopic (exact) mass is 265 g/mol. The Labute approximate surface area is 114 Å². The Morgan fingerprint density at radius 2 is 2.05 bits per heavy atom. The van der Waals surface area contributed by atoms with Crippen molar-refractivity contribution in [1.82, 2.24) is 5.32 Å². The average Bonchev–Trinajstić information content (AvgIpc) is 2.28. The number of hydrogen-bond donors (Lipinski definition) is 3. The Bertz CT molecular complexity index is 453. The van der Waals surface area contributed by atoms with Crippen molar-refractivity contribution in [2.75, 3.05) is 6.54 Å². The number of hydrogen-bond acceptors (Lipinski definition) is 3. The van der Waals surface area contributed by atoms with Gasteiger partial charge in [-0.05, 0) is 37.3 Å². The minimum atomic E-state index is -0.403. The largest absolute Gasteiger partial charge is 0.507 e. The Morgan fingerprint density at radius 3 is 2.63 bits per heavy atom. The molecule has 0 aromatic heterocycles. The highest BCUT2D eigenvalue weighted by Crippen LogP contribution is 2.23. The van der Waals surface area contributed by atoms with Gasteiger partial charge in [-0.15, -0.1) is 0 Å². The minimum absolute atomic E-state index is 0.0216. The summed E-state index contributed by atoms with van der Waals surface area (Å²) in [6.07, 6.45) is 0.201. The number of aromatic hydroxyl groups is 1. The molecule has 0 fully saturated rings. The fourth-order valence-electron chi connectivity index (χ4n) is 2.13. The van der Waals surface area contributed by atoms with Crippen molar-refractivity contribution in [1.29, 1.82) is 0 Å². The highest BCUT2D eigenvalue weighted by molar-refractivity contribution is 5.97. The Morgan fingerprint density at radius 1 is 1.42 bits per heavy atom. The number of aliphatic hydroxyl groups is 1. The number of phenols is 1. The second-order valence-electron chi connectivity index (χ2n) is 5.87. The van der Waals surface area contributed by atoms with Crippen LogP contribution in [0.1, 0.15) is 43.1 Å². The zero-order valence-electron chi connectivity index (χ0n) is 12.0. The van der Waals surface area contributed by atoms with Crippen LogP contribution in [0.2, 0.25) is 0 Å². The van der Waals surface area contributed by atoms with E-state index in [9.17, 15) is 15.0 Å². The van der Waals surface area contributed by atoms with Gasteiger partial charge in [0, 0.05) is 6.54 Å². The number of rotatable bonds is 5. The van der Waals surface area contributed by atoms with E-state index in [2.05, 4.69) is 5.32 Å². The summed E-state index contributed by atoms with van der Waals surface area (Å²) in [6.45, 7) is 7.90. The van der Waals surface area contributed by atoms with Gasteiger partial charge in [-0.25, -0.2) is 0 Å². The Kier molecular flexibility index (Phi) is 4.95. The van der Waals surface area contributed by atoms with Crippen LogP contribution in [0.5, 0.6) is 5.75 Å². The molecule has 3 N–H and O–H groups in total. The standard InChI is InChI=1S/C15H23NO3/c1-10-6-5-7-12(13(10)18)14(19)16-9-15(3,4)8-11(2)17/h5-7,11,17-18H,8-9H2,1-4H3,(H,16,19). The number of carbonyl (C=O) groups excluding carboxylic acids is 1. The highest BCUT2D eigenvalue weighted by atomic mass is 16.3. The van der Waals surface area contributed by atoms with Crippen LogP contribution in [-0.4, -0.2) is 28.8 Å². The molecule has 0 heterocycles. The first-order chi connectivity index (χ1) is 8.73. The van der Waals surface area contributed by atoms with Crippen LogP contribution in [-0.2, 0) is 0 Å². The van der Waals surface area contributed by atoms with Gasteiger partial charge in [0.25, 0.3) is 5.91 Å². The van der Waals surface area contributed by atoms with E-state index in [0.717, 1.165) is 0 Å². The van der Waals surface area contributed by atoms with Gasteiger partial charge in [0.05, 0.1) is 11.7 Å². The molecule has 0 aliphatic carbocycles. The van der Waals surface area contributed by atoms with Crippen molar-refractivity contribution in [2.45, 2.75) is 40.2 Å². The van der Waals surface area contributed by atoms with Crippen LogP contribution in [0.3, 0.4) is 0 Å². The smallest absolute Gasteiger partial charge is 0.255 e. The minimum Gasteiger partial charge on any atom is -0.507 e. The predicted octanol–water partition coefficient (Wildman–Crippen LogP) is 2.23. The summed E-state index contributed by atoms with van der Waals surface area (Å²) in [5.74, 6) is -0.270. The van der Waals surface area contributed by atoms with E-state index in [-0.39, 0.29) is 22.6 Å². The van der Waals surface area contributed by atoms with E-state index in [4.69, 9.17) is 0 Å². The van der Waals surface area contributed by atoms with Crippen LogP contribution in [0.15, 0.2) is 18.2 Å². The number of benzene rings is 1. The first-order valence-corrected chi connectivity index (χ1v) is 6.48. The second-order valence-corrected chi connectivity index (χ2v) is 5.87. The number of carbonyl (C=O) groups is 1. The first kappa shape index (κ1) is 15.5. The Balaban J connectivity index is 2.68. The number of aryl methyl sites for hydroxylation is 1. The van der Waals surface area contributed by atoms with Crippen molar-refractivity contribution in [3.8, 4) is 5.75 Å². The quantitative estimate of drug-likeness (QED) is 0.764. The van der Waals surface area contributed by atoms with Gasteiger partial charge >= 0.3 is 0 Å². The lowest BCUT2D eigenvalue weighted by Gasteiger charge is -2.26. The molecule has 0 radical (unpaired) electrons. The second kappa shape index (κ2) is 6.06. The van der Waals surface area contributed by atoms with Gasteiger partial charge in [0.1, 0.15) is 5.75 Å². The van der Waals surface area contributed by atoms with Gasteiger partial charge in [-0.3, -0.25) is 4.79 Å². The molecular formula is C15H23NO3. The van der Waals surface area contributed by atoms with Gasteiger partial charge in [0.2, 0.25) is 0 Å². The highest BCUT2D eigenvalue weighted by Gasteiger charge is 2.22. The molecule has 0 saturated heterocycles. The molecule has 4 nitrogen and oxygen atoms in total. The predicted molar refractivity (Wildman–Crippen MR) is 75.3 cm³/mol. The van der Waals surface area contributed by atoms with Crippen molar-refractivity contribution in [2.24, 2.45) is 5.41 Å². The molecule has 1 aromatic rings. The topological polar surface area (TPSA) is 69.6 Å². The zero-order chi connectivity index (χ0) is 14.6. The fourth-order valence-corrected chi connectivity index (χ4v) is 2.13. The van der Waals surface area contributed by atoms with E-state index in [1.807, 2.05) is 13.8 Å². The summed E-state index contributed by atoms with van der Waals surface area (Å²) in [5, 5.41) is 22.0. The number of phenolic OH excluding ortho intramolecular Hbond substituents is 1. The van der Waals surface area contributed by atoms with E-state index in [0.29, 0.717) is 18.5 Å². The summed E-state index contributed by atoms with van der Waals surface area (Å²) in [4.78, 5) is 12.0. The molecule has 1 atom stereocenters. The molecule has 106 valence electrons. The average molecular weight is 265 g/mol. The summed E-state index contributed by atoms with van der Waals surface area (Å²) >= 11 is 0. The molecule has 1 unspecified atom stereocenters. The third-order valence-electron chi connectivity index (χ3n) is 3.06. The third kappa shape index (κ3) is 4.56. The molecule has 0 aliphatic rings. The van der Waals surface area contributed by atoms with Crippen molar-refractivity contribution in [3.05, 3.63) is 29.3 Å². The molecule has 0 bridgehead atoms. The molecule has 4 heteroatoms. The summed E-state index contributed by atoms with van der Waals surface area (Å²) in [6, 6.07) is 5.09. The van der Waals surface area contributed by atoms with E-state index in [1.165, 1.54) is 0 Å². The van der Waals surface area contributed by atoms with Crippen LogP contribution in [0, 0.1) is 12.3 Å². The van der Waals surface area contributed by atoms with Gasteiger partial charge in [-0.1, -0.05) is 26.0 Å². The number of nitrogens with one attached hydrogen (secondary N) is 1. The lowest BCUT2D eigenvalue weighted by Crippen LogP contribution is -2.35. The molecule has 0 spiro atoms. The number of amides is 1. The normalized spacial score (nSPS) is 13.1. The van der Waals surface area contributed by atoms with Gasteiger partial charge in [-0.2, -0.15) is 0 Å². The van der Waals surface area contributed by atoms with Gasteiger partial charge in [0.15, 0.2) is 0 Å². The first-order valence-electron chi connectivity index (χ1n) is 6.48. The van der Waals surface area contributed by atoms with Gasteiger partial charge < -0.3 is 15.5 Å². The summed E-state index contributed by atoms with van der Waals surface area (Å²) in [7, 11) is 0. The Hall–Kier alpha value is -1.55. The van der Waals surface area contributed by atoms with E-state index < -0.39 is 6.10 Å². The maximum absolute atomic E-state index is 12.0. The lowest BCUT2D eigenvalue weighted by molar-refractivity contribution is 0.0899. The molecule has 1 aromatic carbocycles. The van der Waals surface area contributed by atoms with Crippen LogP contribution >= 0.6 is 0 Å². The maximum atomic E-state index is 12.0. The lowest BCUT2D eigenvalue weighted by atomic mass is 9.87. The zero-order valence-corrected chi connectivity index (χ0v) is 12.0. The third-order valence-corrected chi connectivity index (χ3v) is 3.06. The van der Waals surface area contributed by atoms with Crippen molar-refractivity contribution in [3.63, 3.8) is 0 Å². The number of aliphatic hydroxyl groups excluding tert-OH is 1. The van der Waals surface area contributed by atoms with E-state index in [1.54, 1.807) is 32.0 Å². The van der Waals surface area contributed by atoms with Crippen LogP contribution in [0.4, 0.5) is 0 Å². The summed E-state index contributed by atoms with van der Waals surface area (Å²) in [5.41, 5.74) is 0.771. The molecule has 1 rings (SSSR count). The van der Waals surface area contributed by atoms with Crippen molar-refractivity contribution >= 4 is 5.91 Å². The van der Waals surface area contributed by atoms with E-state index >= 15 is 0 Å². The molecular weight excluding hydrogens is 242 g/mol. The molecule has 0 aliphatic heterocycles. The molecule has 0 saturated carbocycles. The summed E-state index contributed by atoms with van der Waals surface area (Å²) < 4.78 is 0. The molecule has 1 amide bonds. The van der Waals surface area contributed by atoms with Crippen molar-refractivity contribution < 1.29 is 15.0 Å². The van der Waals surface area contributed by atoms with Crippen LogP contribution in [0.25, 0.3) is 0 Å². The molecule has 19 heavy (non-hydrogen) atoms.